The normalized spacial score (nSPS) is 12.3. The van der Waals surface area contributed by atoms with E-state index in [1.54, 1.807) is 6.20 Å². The van der Waals surface area contributed by atoms with E-state index in [-0.39, 0.29) is 6.04 Å². The van der Waals surface area contributed by atoms with Gasteiger partial charge in [-0.1, -0.05) is 36.4 Å². The van der Waals surface area contributed by atoms with E-state index in [0.29, 0.717) is 6.42 Å². The third kappa shape index (κ3) is 2.66. The van der Waals surface area contributed by atoms with Crippen LogP contribution >= 0.6 is 0 Å². The summed E-state index contributed by atoms with van der Waals surface area (Å²) in [5, 5.41) is 9.16. The van der Waals surface area contributed by atoms with Crippen molar-refractivity contribution >= 4 is 0 Å². The Labute approximate surface area is 94.7 Å². The Morgan fingerprint density at radius 3 is 2.44 bits per heavy atom. The molecule has 0 bridgehead atoms. The Hall–Kier alpha value is -1.71. The van der Waals surface area contributed by atoms with E-state index < -0.39 is 0 Å². The van der Waals surface area contributed by atoms with Crippen molar-refractivity contribution in [1.82, 2.24) is 10.5 Å². The zero-order chi connectivity index (χ0) is 11.2. The van der Waals surface area contributed by atoms with Crippen molar-refractivity contribution in [1.29, 1.82) is 0 Å². The van der Waals surface area contributed by atoms with Crippen molar-refractivity contribution < 1.29 is 5.21 Å². The minimum atomic E-state index is -0.115. The van der Waals surface area contributed by atoms with E-state index >= 15 is 0 Å². The van der Waals surface area contributed by atoms with Gasteiger partial charge in [0.05, 0.1) is 6.04 Å². The number of hydroxylamine groups is 1. The second-order valence-corrected chi connectivity index (χ2v) is 3.62. The van der Waals surface area contributed by atoms with Crippen LogP contribution in [0.4, 0.5) is 0 Å². The van der Waals surface area contributed by atoms with Crippen molar-refractivity contribution in [3.8, 4) is 0 Å². The van der Waals surface area contributed by atoms with E-state index in [1.807, 2.05) is 48.5 Å². The van der Waals surface area contributed by atoms with Gasteiger partial charge in [-0.25, -0.2) is 0 Å². The van der Waals surface area contributed by atoms with Gasteiger partial charge in [-0.15, -0.1) is 0 Å². The summed E-state index contributed by atoms with van der Waals surface area (Å²) in [5.41, 5.74) is 4.33. The molecule has 0 fully saturated rings. The van der Waals surface area contributed by atoms with E-state index in [0.717, 1.165) is 11.3 Å². The zero-order valence-electron chi connectivity index (χ0n) is 8.88. The first-order chi connectivity index (χ1) is 7.90. The standard InChI is InChI=1S/C13H14N2O/c16-15-13(11-6-2-1-3-7-11)10-12-8-4-5-9-14-12/h1-9,13,15-16H,10H2. The van der Waals surface area contributed by atoms with Crippen LogP contribution in [-0.4, -0.2) is 10.2 Å². The number of pyridine rings is 1. The summed E-state index contributed by atoms with van der Waals surface area (Å²) in [6, 6.07) is 15.5. The number of hydrogen-bond acceptors (Lipinski definition) is 3. The van der Waals surface area contributed by atoms with E-state index in [4.69, 9.17) is 5.21 Å². The molecule has 0 aliphatic heterocycles. The second-order valence-electron chi connectivity index (χ2n) is 3.62. The molecule has 1 heterocycles. The van der Waals surface area contributed by atoms with Crippen molar-refractivity contribution in [3.63, 3.8) is 0 Å². The van der Waals surface area contributed by atoms with Crippen molar-refractivity contribution in [2.75, 3.05) is 0 Å². The van der Waals surface area contributed by atoms with E-state index in [9.17, 15) is 0 Å². The molecule has 0 aliphatic carbocycles. The molecule has 0 aliphatic rings. The average molecular weight is 214 g/mol. The van der Waals surface area contributed by atoms with Crippen LogP contribution in [0.5, 0.6) is 0 Å². The maximum Gasteiger partial charge on any atom is 0.0624 e. The van der Waals surface area contributed by atoms with Gasteiger partial charge in [0, 0.05) is 18.3 Å². The highest BCUT2D eigenvalue weighted by atomic mass is 16.5. The topological polar surface area (TPSA) is 45.1 Å². The van der Waals surface area contributed by atoms with E-state index in [1.165, 1.54) is 0 Å². The van der Waals surface area contributed by atoms with Crippen LogP contribution in [-0.2, 0) is 6.42 Å². The highest BCUT2D eigenvalue weighted by molar-refractivity contribution is 5.20. The summed E-state index contributed by atoms with van der Waals surface area (Å²) in [4.78, 5) is 4.24. The maximum absolute atomic E-state index is 9.16. The molecule has 16 heavy (non-hydrogen) atoms. The largest absolute Gasteiger partial charge is 0.316 e. The molecule has 0 saturated heterocycles. The van der Waals surface area contributed by atoms with Crippen LogP contribution < -0.4 is 5.48 Å². The fraction of sp³-hybridized carbons (Fsp3) is 0.154. The van der Waals surface area contributed by atoms with Crippen molar-refractivity contribution in [2.24, 2.45) is 0 Å². The minimum absolute atomic E-state index is 0.115. The fourth-order valence-electron chi connectivity index (χ4n) is 1.65. The molecular formula is C13H14N2O. The summed E-state index contributed by atoms with van der Waals surface area (Å²) in [5.74, 6) is 0. The van der Waals surface area contributed by atoms with Gasteiger partial charge >= 0.3 is 0 Å². The Bertz CT molecular complexity index is 416. The van der Waals surface area contributed by atoms with Crippen LogP contribution in [0.1, 0.15) is 17.3 Å². The lowest BCUT2D eigenvalue weighted by molar-refractivity contribution is 0.125. The Balaban J connectivity index is 2.13. The summed E-state index contributed by atoms with van der Waals surface area (Å²) >= 11 is 0. The van der Waals surface area contributed by atoms with Crippen molar-refractivity contribution in [2.45, 2.75) is 12.5 Å². The molecule has 0 spiro atoms. The van der Waals surface area contributed by atoms with Crippen LogP contribution in [0, 0.1) is 0 Å². The minimum Gasteiger partial charge on any atom is -0.316 e. The molecule has 0 saturated carbocycles. The predicted molar refractivity (Wildman–Crippen MR) is 62.0 cm³/mol. The highest BCUT2D eigenvalue weighted by Gasteiger charge is 2.10. The third-order valence-corrected chi connectivity index (χ3v) is 2.50. The molecule has 3 heteroatoms. The van der Waals surface area contributed by atoms with Gasteiger partial charge in [-0.05, 0) is 17.7 Å². The second kappa shape index (κ2) is 5.39. The van der Waals surface area contributed by atoms with Crippen LogP contribution in [0.25, 0.3) is 0 Å². The maximum atomic E-state index is 9.16. The number of nitrogens with zero attached hydrogens (tertiary/aromatic N) is 1. The molecular weight excluding hydrogens is 200 g/mol. The zero-order valence-corrected chi connectivity index (χ0v) is 8.88. The lowest BCUT2D eigenvalue weighted by Gasteiger charge is -2.14. The Kier molecular flexibility index (Phi) is 3.64. The SMILES string of the molecule is ONC(Cc1ccccn1)c1ccccc1. The average Bonchev–Trinajstić information content (AvgIpc) is 2.38. The lowest BCUT2D eigenvalue weighted by Crippen LogP contribution is -2.19. The third-order valence-electron chi connectivity index (χ3n) is 2.50. The monoisotopic (exact) mass is 214 g/mol. The molecule has 2 rings (SSSR count). The first-order valence-electron chi connectivity index (χ1n) is 5.24. The van der Waals surface area contributed by atoms with Crippen LogP contribution in [0.2, 0.25) is 0 Å². The fourth-order valence-corrected chi connectivity index (χ4v) is 1.65. The first kappa shape index (κ1) is 10.8. The first-order valence-corrected chi connectivity index (χ1v) is 5.24. The number of hydrogen-bond donors (Lipinski definition) is 2. The van der Waals surface area contributed by atoms with Crippen LogP contribution in [0.3, 0.4) is 0 Å². The molecule has 2 N–H and O–H groups in total. The highest BCUT2D eigenvalue weighted by Crippen LogP contribution is 2.16. The molecule has 1 aromatic carbocycles. The summed E-state index contributed by atoms with van der Waals surface area (Å²) in [6.45, 7) is 0. The predicted octanol–water partition coefficient (Wildman–Crippen LogP) is 2.34. The quantitative estimate of drug-likeness (QED) is 0.768. The van der Waals surface area contributed by atoms with Gasteiger partial charge in [0.15, 0.2) is 0 Å². The number of rotatable bonds is 4. The smallest absolute Gasteiger partial charge is 0.0624 e. The Morgan fingerprint density at radius 1 is 1.06 bits per heavy atom. The van der Waals surface area contributed by atoms with Crippen LogP contribution in [0.15, 0.2) is 54.7 Å². The van der Waals surface area contributed by atoms with Gasteiger partial charge in [-0.2, -0.15) is 5.48 Å². The summed E-state index contributed by atoms with van der Waals surface area (Å²) < 4.78 is 0. The molecule has 0 radical (unpaired) electrons. The summed E-state index contributed by atoms with van der Waals surface area (Å²) in [6.07, 6.45) is 2.43. The lowest BCUT2D eigenvalue weighted by atomic mass is 10.0. The van der Waals surface area contributed by atoms with Crippen molar-refractivity contribution in [3.05, 3.63) is 66.0 Å². The number of aromatic nitrogens is 1. The molecule has 2 aromatic rings. The van der Waals surface area contributed by atoms with Gasteiger partial charge in [0.25, 0.3) is 0 Å². The van der Waals surface area contributed by atoms with Gasteiger partial charge in [-0.3, -0.25) is 4.98 Å². The van der Waals surface area contributed by atoms with Gasteiger partial charge < -0.3 is 5.21 Å². The molecule has 3 nitrogen and oxygen atoms in total. The molecule has 82 valence electrons. The van der Waals surface area contributed by atoms with Gasteiger partial charge in [0.2, 0.25) is 0 Å². The Morgan fingerprint density at radius 2 is 1.81 bits per heavy atom. The molecule has 0 amide bonds. The number of nitrogens with one attached hydrogen (secondary N) is 1. The number of benzene rings is 1. The molecule has 1 aromatic heterocycles. The van der Waals surface area contributed by atoms with Gasteiger partial charge in [0.1, 0.15) is 0 Å². The molecule has 1 atom stereocenters. The molecule has 1 unspecified atom stereocenters. The van der Waals surface area contributed by atoms with E-state index in [2.05, 4.69) is 10.5 Å². The summed E-state index contributed by atoms with van der Waals surface area (Å²) in [7, 11) is 0.